The van der Waals surface area contributed by atoms with Crippen LogP contribution in [0.4, 0.5) is 0 Å². The molecule has 1 unspecified atom stereocenters. The van der Waals surface area contributed by atoms with Gasteiger partial charge in [0.05, 0.1) is 6.61 Å². The van der Waals surface area contributed by atoms with Crippen LogP contribution in [0.1, 0.15) is 26.2 Å². The summed E-state index contributed by atoms with van der Waals surface area (Å²) in [5.41, 5.74) is 0. The van der Waals surface area contributed by atoms with E-state index in [1.807, 2.05) is 0 Å². The lowest BCUT2D eigenvalue weighted by atomic mass is 9.80. The largest absolute Gasteiger partial charge is 0.395 e. The average Bonchev–Trinajstić information content (AvgIpc) is 1.79. The Morgan fingerprint density at radius 1 is 1.60 bits per heavy atom. The third kappa shape index (κ3) is 1.96. The SMILES string of the molecule is CC(NCCO)C1CCC1. The molecule has 0 spiro atoms. The molecule has 0 aromatic heterocycles. The molecule has 0 amide bonds. The maximum atomic E-state index is 8.53. The summed E-state index contributed by atoms with van der Waals surface area (Å²) in [6, 6.07) is 0.612. The zero-order valence-electron chi connectivity index (χ0n) is 6.64. The van der Waals surface area contributed by atoms with E-state index in [-0.39, 0.29) is 6.61 Å². The van der Waals surface area contributed by atoms with Crippen LogP contribution in [0.2, 0.25) is 0 Å². The summed E-state index contributed by atoms with van der Waals surface area (Å²) in [4.78, 5) is 0. The molecular weight excluding hydrogens is 126 g/mol. The van der Waals surface area contributed by atoms with Gasteiger partial charge in [0, 0.05) is 12.6 Å². The Morgan fingerprint density at radius 3 is 2.70 bits per heavy atom. The van der Waals surface area contributed by atoms with E-state index in [9.17, 15) is 0 Å². The van der Waals surface area contributed by atoms with Crippen molar-refractivity contribution < 1.29 is 5.11 Å². The van der Waals surface area contributed by atoms with E-state index in [0.29, 0.717) is 6.04 Å². The van der Waals surface area contributed by atoms with E-state index in [2.05, 4.69) is 12.2 Å². The second-order valence-electron chi connectivity index (χ2n) is 3.16. The molecule has 2 N–H and O–H groups in total. The van der Waals surface area contributed by atoms with Gasteiger partial charge in [-0.2, -0.15) is 0 Å². The number of nitrogens with one attached hydrogen (secondary N) is 1. The molecule has 0 aromatic rings. The monoisotopic (exact) mass is 143 g/mol. The lowest BCUT2D eigenvalue weighted by molar-refractivity contribution is 0.221. The minimum Gasteiger partial charge on any atom is -0.395 e. The van der Waals surface area contributed by atoms with Gasteiger partial charge in [0.1, 0.15) is 0 Å². The molecule has 10 heavy (non-hydrogen) atoms. The Labute approximate surface area is 62.6 Å². The standard InChI is InChI=1S/C8H17NO/c1-7(9-5-6-10)8-3-2-4-8/h7-10H,2-6H2,1H3. The van der Waals surface area contributed by atoms with Crippen LogP contribution in [0.5, 0.6) is 0 Å². The molecular formula is C8H17NO. The number of hydrogen-bond donors (Lipinski definition) is 2. The predicted octanol–water partition coefficient (Wildman–Crippen LogP) is 0.757. The van der Waals surface area contributed by atoms with Crippen molar-refractivity contribution in [2.45, 2.75) is 32.2 Å². The first-order chi connectivity index (χ1) is 4.84. The molecule has 1 atom stereocenters. The normalized spacial score (nSPS) is 22.2. The summed E-state index contributed by atoms with van der Waals surface area (Å²) in [5, 5.41) is 11.8. The topological polar surface area (TPSA) is 32.3 Å². The van der Waals surface area contributed by atoms with Gasteiger partial charge in [0.2, 0.25) is 0 Å². The van der Waals surface area contributed by atoms with Crippen LogP contribution in [-0.4, -0.2) is 24.3 Å². The van der Waals surface area contributed by atoms with E-state index in [0.717, 1.165) is 12.5 Å². The summed E-state index contributed by atoms with van der Waals surface area (Å²) < 4.78 is 0. The highest BCUT2D eigenvalue weighted by Gasteiger charge is 2.22. The van der Waals surface area contributed by atoms with Crippen molar-refractivity contribution in [1.29, 1.82) is 0 Å². The second kappa shape index (κ2) is 3.94. The molecule has 0 saturated heterocycles. The highest BCUT2D eigenvalue weighted by Crippen LogP contribution is 2.29. The van der Waals surface area contributed by atoms with Crippen molar-refractivity contribution in [2.75, 3.05) is 13.2 Å². The van der Waals surface area contributed by atoms with E-state index < -0.39 is 0 Å². The van der Waals surface area contributed by atoms with Gasteiger partial charge in [0.25, 0.3) is 0 Å². The molecule has 0 aromatic carbocycles. The van der Waals surface area contributed by atoms with Crippen molar-refractivity contribution in [3.8, 4) is 0 Å². The molecule has 1 aliphatic rings. The van der Waals surface area contributed by atoms with Crippen LogP contribution in [0, 0.1) is 5.92 Å². The Bertz CT molecular complexity index is 91.3. The Morgan fingerprint density at radius 2 is 2.30 bits per heavy atom. The zero-order valence-corrected chi connectivity index (χ0v) is 6.64. The highest BCUT2D eigenvalue weighted by molar-refractivity contribution is 4.78. The van der Waals surface area contributed by atoms with Crippen molar-refractivity contribution >= 4 is 0 Å². The van der Waals surface area contributed by atoms with Crippen molar-refractivity contribution in [2.24, 2.45) is 5.92 Å². The van der Waals surface area contributed by atoms with Crippen LogP contribution in [0.3, 0.4) is 0 Å². The van der Waals surface area contributed by atoms with Gasteiger partial charge in [-0.1, -0.05) is 6.42 Å². The summed E-state index contributed by atoms with van der Waals surface area (Å²) >= 11 is 0. The Kier molecular flexibility index (Phi) is 3.16. The molecule has 1 fully saturated rings. The van der Waals surface area contributed by atoms with Gasteiger partial charge in [0.15, 0.2) is 0 Å². The first-order valence-corrected chi connectivity index (χ1v) is 4.19. The van der Waals surface area contributed by atoms with Crippen molar-refractivity contribution in [3.63, 3.8) is 0 Å². The fourth-order valence-corrected chi connectivity index (χ4v) is 1.40. The van der Waals surface area contributed by atoms with E-state index >= 15 is 0 Å². The third-order valence-electron chi connectivity index (χ3n) is 2.44. The van der Waals surface area contributed by atoms with Crippen LogP contribution < -0.4 is 5.32 Å². The molecule has 0 heterocycles. The van der Waals surface area contributed by atoms with Gasteiger partial charge < -0.3 is 10.4 Å². The first kappa shape index (κ1) is 8.02. The molecule has 0 bridgehead atoms. The maximum Gasteiger partial charge on any atom is 0.0556 e. The minimum atomic E-state index is 0.261. The maximum absolute atomic E-state index is 8.53. The lowest BCUT2D eigenvalue weighted by Gasteiger charge is -2.31. The van der Waals surface area contributed by atoms with Gasteiger partial charge in [-0.25, -0.2) is 0 Å². The minimum absolute atomic E-state index is 0.261. The molecule has 2 nitrogen and oxygen atoms in total. The van der Waals surface area contributed by atoms with Gasteiger partial charge >= 0.3 is 0 Å². The number of aliphatic hydroxyl groups excluding tert-OH is 1. The Hall–Kier alpha value is -0.0800. The summed E-state index contributed by atoms with van der Waals surface area (Å²) in [7, 11) is 0. The molecule has 1 saturated carbocycles. The van der Waals surface area contributed by atoms with Gasteiger partial charge in [-0.3, -0.25) is 0 Å². The first-order valence-electron chi connectivity index (χ1n) is 4.19. The molecule has 60 valence electrons. The Balaban J connectivity index is 2.02. The molecule has 0 radical (unpaired) electrons. The van der Waals surface area contributed by atoms with Gasteiger partial charge in [-0.15, -0.1) is 0 Å². The second-order valence-corrected chi connectivity index (χ2v) is 3.16. The van der Waals surface area contributed by atoms with Crippen LogP contribution in [-0.2, 0) is 0 Å². The predicted molar refractivity (Wildman–Crippen MR) is 41.9 cm³/mol. The van der Waals surface area contributed by atoms with E-state index in [4.69, 9.17) is 5.11 Å². The molecule has 0 aliphatic heterocycles. The van der Waals surface area contributed by atoms with E-state index in [1.54, 1.807) is 0 Å². The van der Waals surface area contributed by atoms with Crippen LogP contribution >= 0.6 is 0 Å². The van der Waals surface area contributed by atoms with Crippen molar-refractivity contribution in [3.05, 3.63) is 0 Å². The zero-order chi connectivity index (χ0) is 7.40. The summed E-state index contributed by atoms with van der Waals surface area (Å²) in [5.74, 6) is 0.881. The number of hydrogen-bond acceptors (Lipinski definition) is 2. The van der Waals surface area contributed by atoms with E-state index in [1.165, 1.54) is 19.3 Å². The fraction of sp³-hybridized carbons (Fsp3) is 1.00. The quantitative estimate of drug-likeness (QED) is 0.609. The van der Waals surface area contributed by atoms with Crippen LogP contribution in [0.25, 0.3) is 0 Å². The van der Waals surface area contributed by atoms with Crippen LogP contribution in [0.15, 0.2) is 0 Å². The number of aliphatic hydroxyl groups is 1. The fourth-order valence-electron chi connectivity index (χ4n) is 1.40. The summed E-state index contributed by atoms with van der Waals surface area (Å²) in [6.45, 7) is 3.22. The highest BCUT2D eigenvalue weighted by atomic mass is 16.3. The lowest BCUT2D eigenvalue weighted by Crippen LogP contribution is -2.38. The smallest absolute Gasteiger partial charge is 0.0556 e. The molecule has 2 heteroatoms. The molecule has 1 rings (SSSR count). The molecule has 1 aliphatic carbocycles. The summed E-state index contributed by atoms with van der Waals surface area (Å²) in [6.07, 6.45) is 4.15. The third-order valence-corrected chi connectivity index (χ3v) is 2.44. The van der Waals surface area contributed by atoms with Crippen molar-refractivity contribution in [1.82, 2.24) is 5.32 Å². The number of rotatable bonds is 4. The average molecular weight is 143 g/mol. The van der Waals surface area contributed by atoms with Gasteiger partial charge in [-0.05, 0) is 25.7 Å².